The van der Waals surface area contributed by atoms with Crippen LogP contribution in [-0.2, 0) is 9.47 Å². The van der Waals surface area contributed by atoms with E-state index in [9.17, 15) is 33.7 Å². The van der Waals surface area contributed by atoms with E-state index < -0.39 is 55.8 Å². The quantitative estimate of drug-likeness (QED) is 0.123. The Labute approximate surface area is 313 Å². The standard InChI is InChI=1S/2C17H16FN5O4.CH4/c2*18-11-13(25)10(6-24)27-17(11)23-8-21-12-14(19-7-20-15(12)23)22-16(26)9-4-2-1-3-5-9;/h2*1-5,7-8,10-11,13,17,24-25H,6H2,(H,19,20,22,26);1H4/t2*10-,11-,13-,17?;/m11./s1/i24D;;1T. The maximum absolute atomic E-state index is 14.5. The van der Waals surface area contributed by atoms with E-state index in [-0.39, 0.29) is 52.4 Å². The number of aliphatic hydroxyl groups excluding tert-OH is 4. The Balaban J connectivity index is 0.000000185. The highest BCUT2D eigenvalue weighted by Gasteiger charge is 2.46. The van der Waals surface area contributed by atoms with E-state index >= 15 is 0 Å². The average Bonchev–Trinajstić information content (AvgIpc) is 4.01. The summed E-state index contributed by atoms with van der Waals surface area (Å²) >= 11 is 0. The van der Waals surface area contributed by atoms with E-state index in [4.69, 9.17) is 12.3 Å². The lowest BCUT2D eigenvalue weighted by Crippen LogP contribution is -2.30. The molecule has 2 unspecified atom stereocenters. The van der Waals surface area contributed by atoms with Crippen LogP contribution in [0.15, 0.2) is 86.0 Å². The molecule has 2 amide bonds. The fourth-order valence-corrected chi connectivity index (χ4v) is 5.94. The molecule has 2 saturated heterocycles. The molecule has 288 valence electrons. The number of rotatable bonds is 9. The van der Waals surface area contributed by atoms with Crippen molar-refractivity contribution in [3.8, 4) is 0 Å². The molecule has 0 saturated carbocycles. The van der Waals surface area contributed by atoms with Gasteiger partial charge in [0.25, 0.3) is 11.8 Å². The van der Waals surface area contributed by atoms with Crippen LogP contribution >= 0.6 is 0 Å². The van der Waals surface area contributed by atoms with Crippen molar-refractivity contribution in [1.82, 2.24) is 39.0 Å². The van der Waals surface area contributed by atoms with Crippen LogP contribution in [0, 0.1) is 0 Å². The van der Waals surface area contributed by atoms with Gasteiger partial charge in [0.05, 0.1) is 25.9 Å². The van der Waals surface area contributed by atoms with Crippen molar-refractivity contribution in [2.24, 2.45) is 0 Å². The molecule has 4 aromatic heterocycles. The minimum absolute atomic E-state index is 0.164. The third-order valence-corrected chi connectivity index (χ3v) is 8.73. The Hall–Kier alpha value is -5.90. The van der Waals surface area contributed by atoms with Gasteiger partial charge in [-0.05, 0) is 24.3 Å². The molecule has 6 aromatic rings. The van der Waals surface area contributed by atoms with Crippen molar-refractivity contribution in [2.75, 3.05) is 23.8 Å². The highest BCUT2D eigenvalue weighted by atomic mass is 19.1. The largest absolute Gasteiger partial charge is 0.394 e. The number of benzene rings is 2. The van der Waals surface area contributed by atoms with E-state index in [2.05, 4.69) is 45.6 Å². The zero-order chi connectivity index (χ0) is 40.6. The molecule has 8 atom stereocenters. The van der Waals surface area contributed by atoms with Crippen molar-refractivity contribution in [3.63, 3.8) is 0 Å². The topological polar surface area (TPSA) is 245 Å². The Bertz CT molecular complexity index is 2280. The number of ether oxygens (including phenoxy) is 2. The molecule has 6 heterocycles. The molecule has 0 radical (unpaired) electrons. The summed E-state index contributed by atoms with van der Waals surface area (Å²) in [6.07, 6.45) is -5.87. The zero-order valence-corrected chi connectivity index (χ0v) is 28.8. The second-order valence-corrected chi connectivity index (χ2v) is 12.1. The summed E-state index contributed by atoms with van der Waals surface area (Å²) in [5, 5.41) is 38.5. The van der Waals surface area contributed by atoms with Gasteiger partial charge in [-0.3, -0.25) is 18.7 Å². The number of halogens is 2. The van der Waals surface area contributed by atoms with Gasteiger partial charge in [0, 0.05) is 12.5 Å². The van der Waals surface area contributed by atoms with Crippen molar-refractivity contribution in [2.45, 2.75) is 56.6 Å². The predicted molar refractivity (Wildman–Crippen MR) is 190 cm³/mol. The number of nitrogens with one attached hydrogen (secondary N) is 2. The van der Waals surface area contributed by atoms with E-state index in [1.54, 1.807) is 60.7 Å². The lowest BCUT2D eigenvalue weighted by Gasteiger charge is -2.15. The second kappa shape index (κ2) is 16.6. The van der Waals surface area contributed by atoms with Crippen LogP contribution in [0.3, 0.4) is 0 Å². The molecule has 55 heavy (non-hydrogen) atoms. The number of nitrogens with zero attached hydrogens (tertiary/aromatic N) is 8. The molecule has 2 aliphatic heterocycles. The summed E-state index contributed by atoms with van der Waals surface area (Å²) in [7, 11) is 1.25. The third kappa shape index (κ3) is 7.58. The molecule has 2 fully saturated rings. The maximum Gasteiger partial charge on any atom is 0.256 e. The number of anilines is 2. The van der Waals surface area contributed by atoms with Crippen LogP contribution in [0.1, 0.15) is 41.9 Å². The minimum Gasteiger partial charge on any atom is -0.394 e. The molecule has 2 aromatic carbocycles. The number of alkyl halides is 2. The average molecular weight is 766 g/mol. The van der Waals surface area contributed by atoms with E-state index in [0.717, 1.165) is 0 Å². The first-order valence-electron chi connectivity index (χ1n) is 17.8. The van der Waals surface area contributed by atoms with Crippen molar-refractivity contribution >= 4 is 45.8 Å². The fraction of sp³-hybridized carbons (Fsp3) is 0.314. The molecule has 0 bridgehead atoms. The number of imidazole rings is 2. The number of carbonyl (C=O) groups excluding carboxylic acids is 2. The number of hydrogen-bond acceptors (Lipinski definition) is 14. The van der Waals surface area contributed by atoms with Gasteiger partial charge in [-0.15, -0.1) is 0 Å². The fourth-order valence-electron chi connectivity index (χ4n) is 5.94. The summed E-state index contributed by atoms with van der Waals surface area (Å²) in [4.78, 5) is 49.3. The predicted octanol–water partition coefficient (Wildman–Crippen LogP) is 1.97. The first kappa shape index (κ1) is 36.1. The normalized spacial score (nSPS) is 24.9. The molecule has 0 aliphatic carbocycles. The van der Waals surface area contributed by atoms with Crippen LogP contribution in [-0.4, -0.2) is 123 Å². The van der Waals surface area contributed by atoms with Crippen LogP contribution in [0.5, 0.6) is 0 Å². The number of aromatic nitrogens is 8. The smallest absolute Gasteiger partial charge is 0.256 e. The Morgan fingerprint density at radius 2 is 1.15 bits per heavy atom. The molecule has 20 heteroatoms. The van der Waals surface area contributed by atoms with Crippen LogP contribution in [0.2, 0.25) is 0 Å². The van der Waals surface area contributed by atoms with Gasteiger partial charge in [-0.25, -0.2) is 38.7 Å². The minimum atomic E-state index is -1.77. The van der Waals surface area contributed by atoms with Gasteiger partial charge in [0.1, 0.15) is 37.1 Å². The molecular weight excluding hydrogens is 726 g/mol. The van der Waals surface area contributed by atoms with Gasteiger partial charge >= 0.3 is 0 Å². The summed E-state index contributed by atoms with van der Waals surface area (Å²) in [6, 6.07) is 17.2. The Morgan fingerprint density at radius 1 is 0.727 bits per heavy atom. The lowest BCUT2D eigenvalue weighted by molar-refractivity contribution is -0.0459. The maximum atomic E-state index is 14.5. The molecular formula is C35H36F2N10O8. The summed E-state index contributed by atoms with van der Waals surface area (Å²) < 4.78 is 54.9. The van der Waals surface area contributed by atoms with E-state index in [0.29, 0.717) is 11.1 Å². The van der Waals surface area contributed by atoms with Gasteiger partial charge in [0.2, 0.25) is 1.43 Å². The zero-order valence-electron chi connectivity index (χ0n) is 30.8. The lowest BCUT2D eigenvalue weighted by atomic mass is 10.1. The molecule has 6 N–H and O–H groups in total. The second-order valence-electron chi connectivity index (χ2n) is 12.1. The van der Waals surface area contributed by atoms with E-state index in [1.807, 2.05) is 0 Å². The van der Waals surface area contributed by atoms with Crippen molar-refractivity contribution in [3.05, 3.63) is 97.1 Å². The Kier molecular flexibility index (Phi) is 10.9. The monoisotopic (exact) mass is 765 g/mol. The van der Waals surface area contributed by atoms with Crippen LogP contribution in [0.25, 0.3) is 22.3 Å². The molecule has 8 rings (SSSR count). The van der Waals surface area contributed by atoms with Gasteiger partial charge in [-0.2, -0.15) is 0 Å². The number of amides is 2. The SMILES string of the molecule is O=C(Nc1ncnc2c1ncn2C1O[C@H](CO)[C@@H](O)[C@H]1F)c1ccccc1.[2H]OC[C@H]1OC(n2cnc3c(NC(=O)c4ccccc4)ncnc32)[C@H](F)[C@@H]1O.[3H]C. The molecule has 18 nitrogen and oxygen atoms in total. The van der Waals surface area contributed by atoms with Gasteiger partial charge in [0.15, 0.2) is 58.8 Å². The first-order valence-corrected chi connectivity index (χ1v) is 16.4. The summed E-state index contributed by atoms with van der Waals surface area (Å²) in [6.45, 7) is -0.795. The number of aliphatic hydroxyl groups is 4. The molecule has 2 aliphatic rings. The number of hydrogen-bond donors (Lipinski definition) is 6. The first-order chi connectivity index (χ1) is 27.7. The van der Waals surface area contributed by atoms with Crippen LogP contribution in [0.4, 0.5) is 20.4 Å². The van der Waals surface area contributed by atoms with Crippen molar-refractivity contribution < 1.29 is 49.6 Å². The van der Waals surface area contributed by atoms with Crippen LogP contribution < -0.4 is 10.6 Å². The van der Waals surface area contributed by atoms with Crippen molar-refractivity contribution in [1.29, 1.82) is 1.43 Å². The van der Waals surface area contributed by atoms with E-state index in [1.165, 1.54) is 41.8 Å². The number of fused-ring (bicyclic) bond motifs is 2. The number of carbonyl (C=O) groups is 2. The Morgan fingerprint density at radius 3 is 1.55 bits per heavy atom. The summed E-state index contributed by atoms with van der Waals surface area (Å²) in [5.74, 6) is -0.419. The van der Waals surface area contributed by atoms with Gasteiger partial charge < -0.3 is 40.5 Å². The highest BCUT2D eigenvalue weighted by Crippen LogP contribution is 2.35. The third-order valence-electron chi connectivity index (χ3n) is 8.73. The highest BCUT2D eigenvalue weighted by molar-refractivity contribution is 6.07. The molecule has 0 spiro atoms. The van der Waals surface area contributed by atoms with Gasteiger partial charge in [-0.1, -0.05) is 43.8 Å². The summed E-state index contributed by atoms with van der Waals surface area (Å²) in [5.41, 5.74) is 1.84.